The van der Waals surface area contributed by atoms with Gasteiger partial charge in [0, 0.05) is 30.9 Å². The van der Waals surface area contributed by atoms with Crippen molar-refractivity contribution in [3.05, 3.63) is 18.0 Å². The molecule has 0 saturated heterocycles. The Morgan fingerprint density at radius 1 is 1.26 bits per heavy atom. The lowest BCUT2D eigenvalue weighted by molar-refractivity contribution is 0.0845. The van der Waals surface area contributed by atoms with Gasteiger partial charge >= 0.3 is 0 Å². The molecule has 1 aliphatic rings. The number of hydrogen-bond donors (Lipinski definition) is 1. The van der Waals surface area contributed by atoms with Crippen LogP contribution < -0.4 is 5.32 Å². The van der Waals surface area contributed by atoms with Crippen LogP contribution in [0.2, 0.25) is 0 Å². The van der Waals surface area contributed by atoms with Gasteiger partial charge in [-0.3, -0.25) is 4.68 Å². The minimum absolute atomic E-state index is 0.451. The summed E-state index contributed by atoms with van der Waals surface area (Å²) in [5.74, 6) is 0. The second kappa shape index (κ2) is 5.28. The SMILES string of the molecule is CCn1cc(CNC2CC(C)(C)CC(C)(C)C2)cn1. The summed E-state index contributed by atoms with van der Waals surface area (Å²) < 4.78 is 1.99. The lowest BCUT2D eigenvalue weighted by atomic mass is 9.63. The van der Waals surface area contributed by atoms with E-state index in [-0.39, 0.29) is 0 Å². The molecular formula is C16H29N3. The highest BCUT2D eigenvalue weighted by atomic mass is 15.3. The molecule has 19 heavy (non-hydrogen) atoms. The molecule has 1 heterocycles. The molecule has 1 aliphatic carbocycles. The molecule has 3 nitrogen and oxygen atoms in total. The topological polar surface area (TPSA) is 29.9 Å². The second-order valence-electron chi connectivity index (χ2n) is 7.70. The van der Waals surface area contributed by atoms with Crippen LogP contribution in [0.1, 0.15) is 59.4 Å². The van der Waals surface area contributed by atoms with Crippen molar-refractivity contribution >= 4 is 0 Å². The molecule has 0 bridgehead atoms. The zero-order chi connectivity index (χ0) is 14.1. The number of aromatic nitrogens is 2. The Labute approximate surface area is 117 Å². The van der Waals surface area contributed by atoms with Gasteiger partial charge in [0.05, 0.1) is 6.20 Å². The Morgan fingerprint density at radius 2 is 1.89 bits per heavy atom. The summed E-state index contributed by atoms with van der Waals surface area (Å²) in [6.07, 6.45) is 8.00. The van der Waals surface area contributed by atoms with Crippen molar-refractivity contribution in [3.63, 3.8) is 0 Å². The van der Waals surface area contributed by atoms with Crippen LogP contribution in [0.15, 0.2) is 12.4 Å². The Morgan fingerprint density at radius 3 is 2.42 bits per heavy atom. The van der Waals surface area contributed by atoms with Gasteiger partial charge in [-0.05, 0) is 37.0 Å². The molecule has 1 fully saturated rings. The third kappa shape index (κ3) is 4.07. The van der Waals surface area contributed by atoms with Crippen LogP contribution in [-0.4, -0.2) is 15.8 Å². The van der Waals surface area contributed by atoms with E-state index in [4.69, 9.17) is 0 Å². The highest BCUT2D eigenvalue weighted by Gasteiger charge is 2.38. The Bertz CT molecular complexity index is 401. The summed E-state index contributed by atoms with van der Waals surface area (Å²) in [6.45, 7) is 13.6. The van der Waals surface area contributed by atoms with Crippen molar-refractivity contribution in [2.24, 2.45) is 10.8 Å². The van der Waals surface area contributed by atoms with Crippen LogP contribution in [0.4, 0.5) is 0 Å². The van der Waals surface area contributed by atoms with Crippen LogP contribution in [0.3, 0.4) is 0 Å². The third-order valence-corrected chi connectivity index (χ3v) is 4.16. The quantitative estimate of drug-likeness (QED) is 0.899. The van der Waals surface area contributed by atoms with Crippen molar-refractivity contribution < 1.29 is 0 Å². The van der Waals surface area contributed by atoms with Gasteiger partial charge in [-0.15, -0.1) is 0 Å². The lowest BCUT2D eigenvalue weighted by Crippen LogP contribution is -2.43. The number of aryl methyl sites for hydroxylation is 1. The lowest BCUT2D eigenvalue weighted by Gasteiger charge is -2.45. The van der Waals surface area contributed by atoms with Gasteiger partial charge in [0.15, 0.2) is 0 Å². The Hall–Kier alpha value is -0.830. The summed E-state index contributed by atoms with van der Waals surface area (Å²) in [7, 11) is 0. The highest BCUT2D eigenvalue weighted by Crippen LogP contribution is 2.45. The van der Waals surface area contributed by atoms with E-state index in [1.54, 1.807) is 0 Å². The Balaban J connectivity index is 1.91. The normalized spacial score (nSPS) is 22.6. The summed E-state index contributed by atoms with van der Waals surface area (Å²) in [4.78, 5) is 0. The molecule has 0 spiro atoms. The first-order valence-electron chi connectivity index (χ1n) is 7.54. The van der Waals surface area contributed by atoms with Crippen molar-refractivity contribution in [3.8, 4) is 0 Å². The van der Waals surface area contributed by atoms with Gasteiger partial charge in [-0.1, -0.05) is 27.7 Å². The van der Waals surface area contributed by atoms with Gasteiger partial charge in [0.2, 0.25) is 0 Å². The summed E-state index contributed by atoms with van der Waals surface area (Å²) in [6, 6.07) is 0.628. The molecule has 1 saturated carbocycles. The van der Waals surface area contributed by atoms with E-state index in [9.17, 15) is 0 Å². The van der Waals surface area contributed by atoms with Crippen molar-refractivity contribution in [2.45, 2.75) is 73.0 Å². The fourth-order valence-electron chi connectivity index (χ4n) is 3.92. The molecule has 0 atom stereocenters. The molecule has 0 aromatic carbocycles. The molecule has 0 amide bonds. The fourth-order valence-corrected chi connectivity index (χ4v) is 3.92. The molecule has 0 aliphatic heterocycles. The highest BCUT2D eigenvalue weighted by molar-refractivity contribution is 5.04. The number of hydrogen-bond acceptors (Lipinski definition) is 2. The molecule has 0 unspecified atom stereocenters. The Kier molecular flexibility index (Phi) is 4.05. The van der Waals surface area contributed by atoms with Crippen molar-refractivity contribution in [1.29, 1.82) is 0 Å². The third-order valence-electron chi connectivity index (χ3n) is 4.16. The van der Waals surface area contributed by atoms with Crippen molar-refractivity contribution in [1.82, 2.24) is 15.1 Å². The molecule has 2 rings (SSSR count). The smallest absolute Gasteiger partial charge is 0.0534 e. The average molecular weight is 263 g/mol. The summed E-state index contributed by atoms with van der Waals surface area (Å²) >= 11 is 0. The van der Waals surface area contributed by atoms with E-state index < -0.39 is 0 Å². The van der Waals surface area contributed by atoms with E-state index >= 15 is 0 Å². The maximum Gasteiger partial charge on any atom is 0.0534 e. The van der Waals surface area contributed by atoms with Gasteiger partial charge in [-0.2, -0.15) is 5.10 Å². The number of rotatable bonds is 4. The summed E-state index contributed by atoms with van der Waals surface area (Å²) in [5.41, 5.74) is 2.20. The zero-order valence-corrected chi connectivity index (χ0v) is 13.2. The van der Waals surface area contributed by atoms with E-state index in [1.807, 2.05) is 10.9 Å². The monoisotopic (exact) mass is 263 g/mol. The van der Waals surface area contributed by atoms with E-state index in [1.165, 1.54) is 24.8 Å². The van der Waals surface area contributed by atoms with Crippen LogP contribution in [0, 0.1) is 10.8 Å². The van der Waals surface area contributed by atoms with Gasteiger partial charge in [-0.25, -0.2) is 0 Å². The second-order valence-corrected chi connectivity index (χ2v) is 7.70. The maximum absolute atomic E-state index is 4.33. The van der Waals surface area contributed by atoms with E-state index in [0.29, 0.717) is 16.9 Å². The molecular weight excluding hydrogens is 234 g/mol. The van der Waals surface area contributed by atoms with E-state index in [0.717, 1.165) is 13.1 Å². The molecule has 1 aromatic rings. The molecule has 0 radical (unpaired) electrons. The van der Waals surface area contributed by atoms with Crippen LogP contribution in [0.25, 0.3) is 0 Å². The van der Waals surface area contributed by atoms with E-state index in [2.05, 4.69) is 51.2 Å². The number of nitrogens with zero attached hydrogens (tertiary/aromatic N) is 2. The van der Waals surface area contributed by atoms with Gasteiger partial charge in [0.1, 0.15) is 0 Å². The first-order valence-corrected chi connectivity index (χ1v) is 7.54. The largest absolute Gasteiger partial charge is 0.310 e. The average Bonchev–Trinajstić information content (AvgIpc) is 2.70. The maximum atomic E-state index is 4.33. The van der Waals surface area contributed by atoms with Crippen LogP contribution >= 0.6 is 0 Å². The minimum atomic E-state index is 0.451. The molecule has 1 aromatic heterocycles. The van der Waals surface area contributed by atoms with Gasteiger partial charge in [0.25, 0.3) is 0 Å². The first-order chi connectivity index (χ1) is 8.80. The summed E-state index contributed by atoms with van der Waals surface area (Å²) in [5, 5.41) is 8.07. The van der Waals surface area contributed by atoms with Crippen molar-refractivity contribution in [2.75, 3.05) is 0 Å². The number of nitrogens with one attached hydrogen (secondary N) is 1. The zero-order valence-electron chi connectivity index (χ0n) is 13.2. The molecule has 3 heteroatoms. The van der Waals surface area contributed by atoms with Crippen LogP contribution in [0.5, 0.6) is 0 Å². The predicted molar refractivity (Wildman–Crippen MR) is 79.9 cm³/mol. The first kappa shape index (κ1) is 14.6. The minimum Gasteiger partial charge on any atom is -0.310 e. The molecule has 108 valence electrons. The standard InChI is InChI=1S/C16H29N3/c1-6-19-11-13(10-18-19)9-17-14-7-15(2,3)12-16(4,5)8-14/h10-11,14,17H,6-9,12H2,1-5H3. The fraction of sp³-hybridized carbons (Fsp3) is 0.812. The van der Waals surface area contributed by atoms with Gasteiger partial charge < -0.3 is 5.32 Å². The predicted octanol–water partition coefficient (Wildman–Crippen LogP) is 3.60. The molecule has 1 N–H and O–H groups in total. The van der Waals surface area contributed by atoms with Crippen LogP contribution in [-0.2, 0) is 13.1 Å².